The van der Waals surface area contributed by atoms with E-state index in [-0.39, 0.29) is 11.8 Å². The molecule has 0 bridgehead atoms. The van der Waals surface area contributed by atoms with Gasteiger partial charge in [-0.2, -0.15) is 0 Å². The standard InChI is InChI=1S/C14H18N2O4/c1-8(9(2)14(19)20)12(17)16-11-6-4-10(5-7-11)13(18)15-3/h4-9H,1-3H3,(H,15,18)(H,16,17)(H,19,20). The first-order valence-corrected chi connectivity index (χ1v) is 6.22. The van der Waals surface area contributed by atoms with Crippen molar-refractivity contribution in [1.82, 2.24) is 5.32 Å². The van der Waals surface area contributed by atoms with Crippen LogP contribution in [0.3, 0.4) is 0 Å². The molecule has 0 aromatic heterocycles. The van der Waals surface area contributed by atoms with Crippen LogP contribution in [0.4, 0.5) is 5.69 Å². The highest BCUT2D eigenvalue weighted by Crippen LogP contribution is 2.15. The number of aliphatic carboxylic acids is 1. The Morgan fingerprint density at radius 1 is 1.05 bits per heavy atom. The fraction of sp³-hybridized carbons (Fsp3) is 0.357. The van der Waals surface area contributed by atoms with Crippen LogP contribution in [0, 0.1) is 11.8 Å². The van der Waals surface area contributed by atoms with Crippen LogP contribution in [-0.2, 0) is 9.59 Å². The molecule has 108 valence electrons. The van der Waals surface area contributed by atoms with Crippen LogP contribution in [-0.4, -0.2) is 29.9 Å². The molecule has 0 radical (unpaired) electrons. The number of carboxylic acid groups (broad SMARTS) is 1. The maximum Gasteiger partial charge on any atom is 0.307 e. The zero-order valence-electron chi connectivity index (χ0n) is 11.6. The quantitative estimate of drug-likeness (QED) is 0.757. The highest BCUT2D eigenvalue weighted by atomic mass is 16.4. The summed E-state index contributed by atoms with van der Waals surface area (Å²) in [5.41, 5.74) is 1.00. The molecular formula is C14H18N2O4. The number of nitrogens with one attached hydrogen (secondary N) is 2. The Hall–Kier alpha value is -2.37. The van der Waals surface area contributed by atoms with Crippen molar-refractivity contribution in [3.8, 4) is 0 Å². The Labute approximate surface area is 117 Å². The summed E-state index contributed by atoms with van der Waals surface area (Å²) < 4.78 is 0. The summed E-state index contributed by atoms with van der Waals surface area (Å²) in [6, 6.07) is 6.36. The van der Waals surface area contributed by atoms with Crippen molar-refractivity contribution in [2.24, 2.45) is 11.8 Å². The molecular weight excluding hydrogens is 260 g/mol. The molecule has 1 aromatic carbocycles. The molecule has 0 saturated heterocycles. The first-order valence-electron chi connectivity index (χ1n) is 6.22. The van der Waals surface area contributed by atoms with Gasteiger partial charge in [0.2, 0.25) is 5.91 Å². The SMILES string of the molecule is CNC(=O)c1ccc(NC(=O)C(C)C(C)C(=O)O)cc1. The van der Waals surface area contributed by atoms with Gasteiger partial charge in [-0.1, -0.05) is 13.8 Å². The molecule has 0 aliphatic rings. The summed E-state index contributed by atoms with van der Waals surface area (Å²) in [7, 11) is 1.53. The second-order valence-corrected chi connectivity index (χ2v) is 4.56. The molecule has 6 heteroatoms. The van der Waals surface area contributed by atoms with E-state index in [1.54, 1.807) is 31.2 Å². The van der Waals surface area contributed by atoms with Crippen LogP contribution in [0.1, 0.15) is 24.2 Å². The van der Waals surface area contributed by atoms with Crippen LogP contribution >= 0.6 is 0 Å². The molecule has 0 saturated carbocycles. The number of carbonyl (C=O) groups excluding carboxylic acids is 2. The van der Waals surface area contributed by atoms with Gasteiger partial charge in [0.1, 0.15) is 0 Å². The normalized spacial score (nSPS) is 13.2. The van der Waals surface area contributed by atoms with Gasteiger partial charge in [-0.3, -0.25) is 14.4 Å². The van der Waals surface area contributed by atoms with Gasteiger partial charge in [0.15, 0.2) is 0 Å². The van der Waals surface area contributed by atoms with E-state index in [4.69, 9.17) is 5.11 Å². The maximum absolute atomic E-state index is 11.9. The molecule has 2 atom stereocenters. The van der Waals surface area contributed by atoms with E-state index < -0.39 is 17.8 Å². The van der Waals surface area contributed by atoms with E-state index in [2.05, 4.69) is 10.6 Å². The van der Waals surface area contributed by atoms with E-state index >= 15 is 0 Å². The lowest BCUT2D eigenvalue weighted by Crippen LogP contribution is -2.30. The van der Waals surface area contributed by atoms with Crippen molar-refractivity contribution in [3.63, 3.8) is 0 Å². The highest BCUT2D eigenvalue weighted by molar-refractivity contribution is 5.97. The van der Waals surface area contributed by atoms with Crippen LogP contribution in [0.25, 0.3) is 0 Å². The summed E-state index contributed by atoms with van der Waals surface area (Å²) in [5, 5.41) is 14.0. The van der Waals surface area contributed by atoms with Crippen molar-refractivity contribution in [1.29, 1.82) is 0 Å². The van der Waals surface area contributed by atoms with E-state index in [1.807, 2.05) is 0 Å². The third-order valence-electron chi connectivity index (χ3n) is 3.19. The van der Waals surface area contributed by atoms with Crippen LogP contribution in [0.15, 0.2) is 24.3 Å². The predicted octanol–water partition coefficient (Wildman–Crippen LogP) is 1.34. The van der Waals surface area contributed by atoms with Gasteiger partial charge in [-0.05, 0) is 24.3 Å². The third-order valence-corrected chi connectivity index (χ3v) is 3.19. The Bertz CT molecular complexity index is 510. The van der Waals surface area contributed by atoms with Crippen molar-refractivity contribution >= 4 is 23.5 Å². The summed E-state index contributed by atoms with van der Waals surface area (Å²) in [4.78, 5) is 34.1. The highest BCUT2D eigenvalue weighted by Gasteiger charge is 2.25. The zero-order valence-corrected chi connectivity index (χ0v) is 11.6. The monoisotopic (exact) mass is 278 g/mol. The molecule has 0 aliphatic heterocycles. The number of carbonyl (C=O) groups is 3. The minimum atomic E-state index is -1.01. The number of anilines is 1. The molecule has 2 unspecified atom stereocenters. The van der Waals surface area contributed by atoms with Gasteiger partial charge in [-0.25, -0.2) is 0 Å². The van der Waals surface area contributed by atoms with Crippen molar-refractivity contribution < 1.29 is 19.5 Å². The maximum atomic E-state index is 11.9. The Morgan fingerprint density at radius 3 is 2.05 bits per heavy atom. The summed E-state index contributed by atoms with van der Waals surface area (Å²) >= 11 is 0. The van der Waals surface area contributed by atoms with E-state index in [0.717, 1.165) is 0 Å². The summed E-state index contributed by atoms with van der Waals surface area (Å²) in [6.07, 6.45) is 0. The van der Waals surface area contributed by atoms with Gasteiger partial charge in [0.25, 0.3) is 5.91 Å². The lowest BCUT2D eigenvalue weighted by Gasteiger charge is -2.15. The van der Waals surface area contributed by atoms with Crippen LogP contribution in [0.2, 0.25) is 0 Å². The lowest BCUT2D eigenvalue weighted by molar-refractivity contribution is -0.145. The average molecular weight is 278 g/mol. The average Bonchev–Trinajstić information content (AvgIpc) is 2.45. The van der Waals surface area contributed by atoms with Gasteiger partial charge >= 0.3 is 5.97 Å². The number of amides is 2. The number of hydrogen-bond acceptors (Lipinski definition) is 3. The molecule has 0 fully saturated rings. The first kappa shape index (κ1) is 15.7. The molecule has 0 aliphatic carbocycles. The topological polar surface area (TPSA) is 95.5 Å². The molecule has 1 aromatic rings. The van der Waals surface area contributed by atoms with Crippen LogP contribution < -0.4 is 10.6 Å². The Morgan fingerprint density at radius 2 is 1.60 bits per heavy atom. The van der Waals surface area contributed by atoms with Gasteiger partial charge in [0.05, 0.1) is 5.92 Å². The molecule has 20 heavy (non-hydrogen) atoms. The van der Waals surface area contributed by atoms with E-state index in [1.165, 1.54) is 14.0 Å². The second-order valence-electron chi connectivity index (χ2n) is 4.56. The van der Waals surface area contributed by atoms with Gasteiger partial charge in [-0.15, -0.1) is 0 Å². The number of rotatable bonds is 5. The third kappa shape index (κ3) is 3.81. The van der Waals surface area contributed by atoms with Crippen molar-refractivity contribution in [2.75, 3.05) is 12.4 Å². The van der Waals surface area contributed by atoms with Crippen molar-refractivity contribution in [2.45, 2.75) is 13.8 Å². The van der Waals surface area contributed by atoms with Crippen LogP contribution in [0.5, 0.6) is 0 Å². The summed E-state index contributed by atoms with van der Waals surface area (Å²) in [6.45, 7) is 3.05. The molecule has 0 spiro atoms. The number of hydrogen-bond donors (Lipinski definition) is 3. The first-order chi connectivity index (χ1) is 9.36. The fourth-order valence-corrected chi connectivity index (χ4v) is 1.55. The largest absolute Gasteiger partial charge is 0.481 e. The predicted molar refractivity (Wildman–Crippen MR) is 74.4 cm³/mol. The fourth-order valence-electron chi connectivity index (χ4n) is 1.55. The van der Waals surface area contributed by atoms with Gasteiger partial charge < -0.3 is 15.7 Å². The van der Waals surface area contributed by atoms with Gasteiger partial charge in [0, 0.05) is 24.2 Å². The second kappa shape index (κ2) is 6.70. The molecule has 0 heterocycles. The smallest absolute Gasteiger partial charge is 0.307 e. The lowest BCUT2D eigenvalue weighted by atomic mass is 9.95. The van der Waals surface area contributed by atoms with E-state index in [0.29, 0.717) is 11.3 Å². The molecule has 2 amide bonds. The summed E-state index contributed by atoms with van der Waals surface area (Å²) in [5.74, 6) is -3.00. The number of benzene rings is 1. The molecule has 6 nitrogen and oxygen atoms in total. The Kier molecular flexibility index (Phi) is 5.25. The minimum Gasteiger partial charge on any atom is -0.481 e. The molecule has 3 N–H and O–H groups in total. The molecule has 1 rings (SSSR count). The minimum absolute atomic E-state index is 0.212. The Balaban J connectivity index is 2.71. The number of carboxylic acids is 1. The zero-order chi connectivity index (χ0) is 15.3. The van der Waals surface area contributed by atoms with Crippen molar-refractivity contribution in [3.05, 3.63) is 29.8 Å². The van der Waals surface area contributed by atoms with E-state index in [9.17, 15) is 14.4 Å².